The topological polar surface area (TPSA) is 62.3 Å². The van der Waals surface area contributed by atoms with E-state index in [-0.39, 0.29) is 17.5 Å². The van der Waals surface area contributed by atoms with Crippen molar-refractivity contribution in [3.8, 4) is 0 Å². The summed E-state index contributed by atoms with van der Waals surface area (Å²) in [4.78, 5) is 30.6. The Morgan fingerprint density at radius 2 is 1.65 bits per heavy atom. The van der Waals surface area contributed by atoms with Crippen LogP contribution in [0.15, 0.2) is 48.5 Å². The molecule has 0 saturated carbocycles. The monoisotopic (exact) mass is 309 g/mol. The Morgan fingerprint density at radius 3 is 2.39 bits per heavy atom. The van der Waals surface area contributed by atoms with Crippen molar-refractivity contribution in [2.24, 2.45) is 0 Å². The lowest BCUT2D eigenvalue weighted by Gasteiger charge is -2.14. The number of hydrogen-bond donors (Lipinski definition) is 1. The van der Waals surface area contributed by atoms with Crippen molar-refractivity contribution >= 4 is 11.8 Å². The highest BCUT2D eigenvalue weighted by atomic mass is 16.2. The summed E-state index contributed by atoms with van der Waals surface area (Å²) in [6.07, 6.45) is 2.06. The Bertz CT molecular complexity index is 694. The van der Waals surface area contributed by atoms with Crippen LogP contribution in [0.4, 0.5) is 0 Å². The van der Waals surface area contributed by atoms with Crippen LogP contribution in [0.3, 0.4) is 0 Å². The summed E-state index contributed by atoms with van der Waals surface area (Å²) in [5.74, 6) is -0.370. The third kappa shape index (κ3) is 3.74. The van der Waals surface area contributed by atoms with Crippen molar-refractivity contribution in [1.82, 2.24) is 15.2 Å². The first-order valence-corrected chi connectivity index (χ1v) is 7.82. The molecule has 0 radical (unpaired) electrons. The minimum atomic E-state index is -0.273. The molecular weight excluding hydrogens is 290 g/mol. The molecule has 3 rings (SSSR count). The van der Waals surface area contributed by atoms with E-state index in [1.807, 2.05) is 30.3 Å². The van der Waals surface area contributed by atoms with Crippen molar-refractivity contribution in [2.75, 3.05) is 13.1 Å². The van der Waals surface area contributed by atoms with Gasteiger partial charge in [-0.3, -0.25) is 9.59 Å². The molecule has 2 heterocycles. The molecule has 0 unspecified atom stereocenters. The summed E-state index contributed by atoms with van der Waals surface area (Å²) >= 11 is 0. The van der Waals surface area contributed by atoms with Crippen LogP contribution in [0.1, 0.15) is 39.4 Å². The minimum Gasteiger partial charge on any atom is -0.347 e. The van der Waals surface area contributed by atoms with Crippen molar-refractivity contribution in [3.05, 3.63) is 65.5 Å². The highest BCUT2D eigenvalue weighted by molar-refractivity contribution is 5.96. The molecule has 5 heteroatoms. The van der Waals surface area contributed by atoms with Gasteiger partial charge < -0.3 is 10.2 Å². The lowest BCUT2D eigenvalue weighted by molar-refractivity contribution is 0.0787. The van der Waals surface area contributed by atoms with E-state index in [1.54, 1.807) is 23.1 Å². The van der Waals surface area contributed by atoms with Gasteiger partial charge in [-0.05, 0) is 30.5 Å². The largest absolute Gasteiger partial charge is 0.347 e. The van der Waals surface area contributed by atoms with Crippen LogP contribution in [-0.4, -0.2) is 34.8 Å². The van der Waals surface area contributed by atoms with Gasteiger partial charge in [0.2, 0.25) is 0 Å². The van der Waals surface area contributed by atoms with E-state index in [1.165, 1.54) is 0 Å². The molecule has 118 valence electrons. The van der Waals surface area contributed by atoms with Crippen LogP contribution < -0.4 is 5.32 Å². The van der Waals surface area contributed by atoms with Gasteiger partial charge >= 0.3 is 0 Å². The number of pyridine rings is 1. The van der Waals surface area contributed by atoms with E-state index in [9.17, 15) is 9.59 Å². The Hall–Kier alpha value is -2.69. The molecule has 2 aromatic rings. The highest BCUT2D eigenvalue weighted by Crippen LogP contribution is 2.12. The number of nitrogens with one attached hydrogen (secondary N) is 1. The molecule has 0 aliphatic carbocycles. The molecule has 5 nitrogen and oxygen atoms in total. The third-order valence-corrected chi connectivity index (χ3v) is 3.89. The zero-order chi connectivity index (χ0) is 16.1. The predicted octanol–water partition coefficient (Wildman–Crippen LogP) is 2.25. The fourth-order valence-corrected chi connectivity index (χ4v) is 2.63. The summed E-state index contributed by atoms with van der Waals surface area (Å²) in [5.41, 5.74) is 1.62. The van der Waals surface area contributed by atoms with Crippen LogP contribution >= 0.6 is 0 Å². The van der Waals surface area contributed by atoms with E-state index < -0.39 is 0 Å². The molecule has 0 atom stereocenters. The number of nitrogens with zero attached hydrogens (tertiary/aromatic N) is 2. The number of aromatic nitrogens is 1. The molecule has 0 bridgehead atoms. The van der Waals surface area contributed by atoms with Crippen LogP contribution in [0.2, 0.25) is 0 Å². The summed E-state index contributed by atoms with van der Waals surface area (Å²) in [6, 6.07) is 14.7. The Labute approximate surface area is 135 Å². The lowest BCUT2D eigenvalue weighted by Crippen LogP contribution is -2.29. The van der Waals surface area contributed by atoms with Crippen molar-refractivity contribution < 1.29 is 9.59 Å². The van der Waals surface area contributed by atoms with Gasteiger partial charge in [0.05, 0.1) is 0 Å². The summed E-state index contributed by atoms with van der Waals surface area (Å²) in [6.45, 7) is 1.97. The normalized spacial score (nSPS) is 13.8. The van der Waals surface area contributed by atoms with Gasteiger partial charge in [0.1, 0.15) is 11.4 Å². The van der Waals surface area contributed by atoms with Crippen LogP contribution in [0, 0.1) is 0 Å². The van der Waals surface area contributed by atoms with Gasteiger partial charge in [0.15, 0.2) is 0 Å². The smallest absolute Gasteiger partial charge is 0.272 e. The van der Waals surface area contributed by atoms with Crippen molar-refractivity contribution in [3.63, 3.8) is 0 Å². The third-order valence-electron chi connectivity index (χ3n) is 3.89. The molecule has 1 aromatic heterocycles. The predicted molar refractivity (Wildman–Crippen MR) is 87.0 cm³/mol. The SMILES string of the molecule is O=C(NCc1ccccc1)c1cccc(C(=O)N2CCCC2)n1. The minimum absolute atomic E-state index is 0.0970. The molecule has 2 amide bonds. The van der Waals surface area contributed by atoms with E-state index in [4.69, 9.17) is 0 Å². The molecular formula is C18H19N3O2. The van der Waals surface area contributed by atoms with Crippen molar-refractivity contribution in [1.29, 1.82) is 0 Å². The maximum absolute atomic E-state index is 12.3. The molecule has 1 N–H and O–H groups in total. The first-order chi connectivity index (χ1) is 11.2. The standard InChI is InChI=1S/C18H19N3O2/c22-17(19-13-14-7-2-1-3-8-14)15-9-6-10-16(20-15)18(23)21-11-4-5-12-21/h1-3,6-10H,4-5,11-13H2,(H,19,22). The Kier molecular flexibility index (Phi) is 4.66. The average molecular weight is 309 g/mol. The summed E-state index contributed by atoms with van der Waals surface area (Å²) in [7, 11) is 0. The van der Waals surface area contributed by atoms with Crippen LogP contribution in [-0.2, 0) is 6.54 Å². The molecule has 1 aromatic carbocycles. The number of benzene rings is 1. The fraction of sp³-hybridized carbons (Fsp3) is 0.278. The van der Waals surface area contributed by atoms with Crippen molar-refractivity contribution in [2.45, 2.75) is 19.4 Å². The van der Waals surface area contributed by atoms with Gasteiger partial charge in [0, 0.05) is 19.6 Å². The van der Waals surface area contributed by atoms with Gasteiger partial charge in [0.25, 0.3) is 11.8 Å². The van der Waals surface area contributed by atoms with E-state index in [0.29, 0.717) is 12.2 Å². The van der Waals surface area contributed by atoms with Gasteiger partial charge in [-0.2, -0.15) is 0 Å². The number of carbonyl (C=O) groups excluding carboxylic acids is 2. The highest BCUT2D eigenvalue weighted by Gasteiger charge is 2.21. The quantitative estimate of drug-likeness (QED) is 0.942. The number of rotatable bonds is 4. The number of carbonyl (C=O) groups is 2. The van der Waals surface area contributed by atoms with Gasteiger partial charge in [-0.15, -0.1) is 0 Å². The average Bonchev–Trinajstić information content (AvgIpc) is 3.14. The first kappa shape index (κ1) is 15.2. The Morgan fingerprint density at radius 1 is 0.957 bits per heavy atom. The fourth-order valence-electron chi connectivity index (χ4n) is 2.63. The van der Waals surface area contributed by atoms with Gasteiger partial charge in [-0.1, -0.05) is 36.4 Å². The van der Waals surface area contributed by atoms with Crippen LogP contribution in [0.25, 0.3) is 0 Å². The van der Waals surface area contributed by atoms with Crippen LogP contribution in [0.5, 0.6) is 0 Å². The number of amides is 2. The zero-order valence-electron chi connectivity index (χ0n) is 12.9. The summed E-state index contributed by atoms with van der Waals surface area (Å²) in [5, 5.41) is 2.82. The molecule has 1 saturated heterocycles. The van der Waals surface area contributed by atoms with E-state index in [0.717, 1.165) is 31.5 Å². The van der Waals surface area contributed by atoms with Gasteiger partial charge in [-0.25, -0.2) is 4.98 Å². The lowest BCUT2D eigenvalue weighted by atomic mass is 10.2. The maximum atomic E-state index is 12.3. The number of likely N-dealkylation sites (tertiary alicyclic amines) is 1. The summed E-state index contributed by atoms with van der Waals surface area (Å²) < 4.78 is 0. The second-order valence-corrected chi connectivity index (χ2v) is 5.58. The first-order valence-electron chi connectivity index (χ1n) is 7.82. The molecule has 1 aliphatic rings. The second kappa shape index (κ2) is 7.05. The second-order valence-electron chi connectivity index (χ2n) is 5.58. The van der Waals surface area contributed by atoms with E-state index >= 15 is 0 Å². The molecule has 23 heavy (non-hydrogen) atoms. The zero-order valence-corrected chi connectivity index (χ0v) is 12.9. The molecule has 1 fully saturated rings. The maximum Gasteiger partial charge on any atom is 0.272 e. The number of hydrogen-bond acceptors (Lipinski definition) is 3. The van der Waals surface area contributed by atoms with E-state index in [2.05, 4.69) is 10.3 Å². The molecule has 1 aliphatic heterocycles. The Balaban J connectivity index is 1.66. The molecule has 0 spiro atoms.